The number of benzene rings is 2. The van der Waals surface area contributed by atoms with Crippen LogP contribution in [-0.2, 0) is 10.0 Å². The van der Waals surface area contributed by atoms with E-state index in [1.54, 1.807) is 12.1 Å². The van der Waals surface area contributed by atoms with Crippen molar-refractivity contribution in [2.45, 2.75) is 18.7 Å². The molecule has 0 radical (unpaired) electrons. The first kappa shape index (κ1) is 14.9. The molecule has 0 aromatic heterocycles. The van der Waals surface area contributed by atoms with Crippen LogP contribution in [0.15, 0.2) is 45.8 Å². The average molecular weight is 355 g/mol. The van der Waals surface area contributed by atoms with Crippen molar-refractivity contribution in [2.75, 3.05) is 10.5 Å². The maximum Gasteiger partial charge on any atom is 0.264 e. The van der Waals surface area contributed by atoms with E-state index in [2.05, 4.69) is 20.7 Å². The number of nitrogens with two attached hydrogens (primary N) is 1. The number of aryl methyl sites for hydroxylation is 2. The molecule has 0 aliphatic rings. The predicted octanol–water partition coefficient (Wildman–Crippen LogP) is 3.45. The molecule has 106 valence electrons. The maximum absolute atomic E-state index is 12.5. The topological polar surface area (TPSA) is 72.2 Å². The minimum Gasteiger partial charge on any atom is -0.398 e. The Morgan fingerprint density at radius 2 is 1.70 bits per heavy atom. The average Bonchev–Trinajstić information content (AvgIpc) is 2.37. The fourth-order valence-electron chi connectivity index (χ4n) is 1.91. The first-order valence-electron chi connectivity index (χ1n) is 5.95. The molecule has 0 amide bonds. The van der Waals surface area contributed by atoms with Gasteiger partial charge in [-0.15, -0.1) is 0 Å². The van der Waals surface area contributed by atoms with Crippen molar-refractivity contribution in [1.29, 1.82) is 0 Å². The molecule has 0 aliphatic carbocycles. The second kappa shape index (κ2) is 5.46. The van der Waals surface area contributed by atoms with Crippen molar-refractivity contribution in [1.82, 2.24) is 0 Å². The Hall–Kier alpha value is -1.53. The van der Waals surface area contributed by atoms with Crippen molar-refractivity contribution < 1.29 is 8.42 Å². The summed E-state index contributed by atoms with van der Waals surface area (Å²) in [5, 5.41) is 0. The van der Waals surface area contributed by atoms with Gasteiger partial charge in [0.15, 0.2) is 0 Å². The predicted molar refractivity (Wildman–Crippen MR) is 85.3 cm³/mol. The van der Waals surface area contributed by atoms with Crippen LogP contribution in [0.1, 0.15) is 11.1 Å². The van der Waals surface area contributed by atoms with Crippen LogP contribution in [-0.4, -0.2) is 8.42 Å². The van der Waals surface area contributed by atoms with Crippen LogP contribution in [0.5, 0.6) is 0 Å². The van der Waals surface area contributed by atoms with E-state index in [0.717, 1.165) is 11.1 Å². The molecule has 3 N–H and O–H groups in total. The smallest absolute Gasteiger partial charge is 0.264 e. The monoisotopic (exact) mass is 354 g/mol. The molecule has 4 nitrogen and oxygen atoms in total. The number of anilines is 2. The summed E-state index contributed by atoms with van der Waals surface area (Å²) in [5.41, 5.74) is 8.30. The molecule has 6 heteroatoms. The number of sulfonamides is 1. The second-order valence-electron chi connectivity index (χ2n) is 4.55. The quantitative estimate of drug-likeness (QED) is 0.829. The SMILES string of the molecule is Cc1cccc(C)c1NS(=O)(=O)c1cc(Br)ccc1N. The zero-order valence-corrected chi connectivity index (χ0v) is 13.5. The third-order valence-electron chi connectivity index (χ3n) is 2.98. The highest BCUT2D eigenvalue weighted by Crippen LogP contribution is 2.27. The summed E-state index contributed by atoms with van der Waals surface area (Å²) in [7, 11) is -3.72. The maximum atomic E-state index is 12.5. The molecule has 2 aromatic carbocycles. The molecule has 0 heterocycles. The molecule has 0 spiro atoms. The van der Waals surface area contributed by atoms with E-state index >= 15 is 0 Å². The van der Waals surface area contributed by atoms with Crippen LogP contribution < -0.4 is 10.5 Å². The van der Waals surface area contributed by atoms with E-state index < -0.39 is 10.0 Å². The summed E-state index contributed by atoms with van der Waals surface area (Å²) >= 11 is 3.26. The van der Waals surface area contributed by atoms with Gasteiger partial charge in [-0.05, 0) is 43.2 Å². The lowest BCUT2D eigenvalue weighted by Crippen LogP contribution is -2.16. The number of hydrogen-bond donors (Lipinski definition) is 2. The van der Waals surface area contributed by atoms with E-state index in [-0.39, 0.29) is 10.6 Å². The number of rotatable bonds is 3. The Labute approximate surface area is 127 Å². The van der Waals surface area contributed by atoms with Crippen molar-refractivity contribution >= 4 is 37.3 Å². The number of hydrogen-bond acceptors (Lipinski definition) is 3. The van der Waals surface area contributed by atoms with E-state index in [1.165, 1.54) is 6.07 Å². The second-order valence-corrected chi connectivity index (χ2v) is 7.12. The van der Waals surface area contributed by atoms with E-state index in [9.17, 15) is 8.42 Å². The zero-order chi connectivity index (χ0) is 14.9. The summed E-state index contributed by atoms with van der Waals surface area (Å²) in [6, 6.07) is 10.3. The van der Waals surface area contributed by atoms with Gasteiger partial charge in [0.1, 0.15) is 4.90 Å². The molecule has 0 unspecified atom stereocenters. The van der Waals surface area contributed by atoms with Gasteiger partial charge in [0.2, 0.25) is 0 Å². The van der Waals surface area contributed by atoms with Crippen LogP contribution in [0.2, 0.25) is 0 Å². The lowest BCUT2D eigenvalue weighted by Gasteiger charge is -2.14. The van der Waals surface area contributed by atoms with Crippen LogP contribution in [0.4, 0.5) is 11.4 Å². The minimum atomic E-state index is -3.72. The van der Waals surface area contributed by atoms with E-state index in [1.807, 2.05) is 32.0 Å². The van der Waals surface area contributed by atoms with Crippen molar-refractivity contribution in [3.05, 3.63) is 52.0 Å². The van der Waals surface area contributed by atoms with Gasteiger partial charge < -0.3 is 5.73 Å². The molecular weight excluding hydrogens is 340 g/mol. The fraction of sp³-hybridized carbons (Fsp3) is 0.143. The number of para-hydroxylation sites is 1. The molecule has 0 fully saturated rings. The molecule has 20 heavy (non-hydrogen) atoms. The normalized spacial score (nSPS) is 11.3. The van der Waals surface area contributed by atoms with Gasteiger partial charge in [-0.1, -0.05) is 34.1 Å². The molecular formula is C14H15BrN2O2S. The number of nitrogen functional groups attached to an aromatic ring is 1. The van der Waals surface area contributed by atoms with Crippen LogP contribution in [0, 0.1) is 13.8 Å². The summed E-state index contributed by atoms with van der Waals surface area (Å²) in [4.78, 5) is 0.0644. The largest absolute Gasteiger partial charge is 0.398 e. The van der Waals surface area contributed by atoms with Crippen LogP contribution in [0.3, 0.4) is 0 Å². The number of halogens is 1. The summed E-state index contributed by atoms with van der Waals surface area (Å²) in [6.45, 7) is 3.71. The highest BCUT2D eigenvalue weighted by atomic mass is 79.9. The van der Waals surface area contributed by atoms with E-state index in [4.69, 9.17) is 5.73 Å². The molecule has 2 aromatic rings. The van der Waals surface area contributed by atoms with Crippen LogP contribution >= 0.6 is 15.9 Å². The molecule has 0 saturated heterocycles. The fourth-order valence-corrected chi connectivity index (χ4v) is 3.78. The lowest BCUT2D eigenvalue weighted by molar-refractivity contribution is 0.601. The third kappa shape index (κ3) is 2.96. The summed E-state index contributed by atoms with van der Waals surface area (Å²) < 4.78 is 28.2. The Kier molecular flexibility index (Phi) is 4.06. The molecule has 0 bridgehead atoms. The Morgan fingerprint density at radius 3 is 2.30 bits per heavy atom. The zero-order valence-electron chi connectivity index (χ0n) is 11.1. The molecule has 0 saturated carbocycles. The van der Waals surface area contributed by atoms with Gasteiger partial charge in [-0.3, -0.25) is 4.72 Å². The lowest BCUT2D eigenvalue weighted by atomic mass is 10.1. The molecule has 0 aliphatic heterocycles. The Balaban J connectivity index is 2.49. The number of nitrogens with one attached hydrogen (secondary N) is 1. The minimum absolute atomic E-state index is 0.0644. The summed E-state index contributed by atoms with van der Waals surface area (Å²) in [6.07, 6.45) is 0. The van der Waals surface area contributed by atoms with Crippen molar-refractivity contribution in [3.63, 3.8) is 0 Å². The van der Waals surface area contributed by atoms with Gasteiger partial charge in [-0.2, -0.15) is 0 Å². The highest BCUT2D eigenvalue weighted by molar-refractivity contribution is 9.10. The van der Waals surface area contributed by atoms with Gasteiger partial charge in [-0.25, -0.2) is 8.42 Å². The molecule has 0 atom stereocenters. The third-order valence-corrected chi connectivity index (χ3v) is 4.88. The van der Waals surface area contributed by atoms with E-state index in [0.29, 0.717) is 10.2 Å². The summed E-state index contributed by atoms with van der Waals surface area (Å²) in [5.74, 6) is 0. The Morgan fingerprint density at radius 1 is 1.10 bits per heavy atom. The van der Waals surface area contributed by atoms with Gasteiger partial charge in [0.25, 0.3) is 10.0 Å². The Bertz CT molecular complexity index is 738. The van der Waals surface area contributed by atoms with Gasteiger partial charge >= 0.3 is 0 Å². The van der Waals surface area contributed by atoms with Crippen LogP contribution in [0.25, 0.3) is 0 Å². The van der Waals surface area contributed by atoms with Crippen molar-refractivity contribution in [3.8, 4) is 0 Å². The molecule has 2 rings (SSSR count). The van der Waals surface area contributed by atoms with Crippen molar-refractivity contribution in [2.24, 2.45) is 0 Å². The standard InChI is InChI=1S/C14H15BrN2O2S/c1-9-4-3-5-10(2)14(9)17-20(18,19)13-8-11(15)6-7-12(13)16/h3-8,17H,16H2,1-2H3. The first-order valence-corrected chi connectivity index (χ1v) is 8.23. The first-order chi connectivity index (χ1) is 9.31. The highest BCUT2D eigenvalue weighted by Gasteiger charge is 2.19. The van der Waals surface area contributed by atoms with Gasteiger partial charge in [0.05, 0.1) is 11.4 Å². The van der Waals surface area contributed by atoms with Gasteiger partial charge in [0, 0.05) is 4.47 Å².